The van der Waals surface area contributed by atoms with Crippen LogP contribution in [0.25, 0.3) is 0 Å². The second kappa shape index (κ2) is 8.18. The summed E-state index contributed by atoms with van der Waals surface area (Å²) in [4.78, 5) is 4.47. The van der Waals surface area contributed by atoms with Crippen LogP contribution in [-0.4, -0.2) is 25.2 Å². The highest BCUT2D eigenvalue weighted by Gasteiger charge is 2.29. The third kappa shape index (κ3) is 5.16. The Morgan fingerprint density at radius 3 is 2.19 bits per heavy atom. The van der Waals surface area contributed by atoms with E-state index in [4.69, 9.17) is 9.47 Å². The number of rotatable bonds is 6. The summed E-state index contributed by atoms with van der Waals surface area (Å²) in [6, 6.07) is 8.53. The highest BCUT2D eigenvalue weighted by Crippen LogP contribution is 2.30. The van der Waals surface area contributed by atoms with Crippen LogP contribution in [0.5, 0.6) is 0 Å². The molecule has 2 unspecified atom stereocenters. The van der Waals surface area contributed by atoms with Crippen molar-refractivity contribution in [3.05, 3.63) is 35.4 Å². The molecule has 0 bridgehead atoms. The number of methoxy groups -OCH3 is 1. The molecule has 0 saturated heterocycles. The third-order valence-corrected chi connectivity index (χ3v) is 3.45. The van der Waals surface area contributed by atoms with Gasteiger partial charge in [-0.1, -0.05) is 38.1 Å². The van der Waals surface area contributed by atoms with Crippen molar-refractivity contribution in [1.82, 2.24) is 0 Å². The zero-order valence-electron chi connectivity index (χ0n) is 14.4. The molecule has 0 amide bonds. The Morgan fingerprint density at radius 1 is 1.10 bits per heavy atom. The van der Waals surface area contributed by atoms with Crippen molar-refractivity contribution < 1.29 is 9.47 Å². The Balaban J connectivity index is 3.05. The van der Waals surface area contributed by atoms with Crippen molar-refractivity contribution in [3.63, 3.8) is 0 Å². The van der Waals surface area contributed by atoms with Gasteiger partial charge in [0.1, 0.15) is 12.2 Å². The van der Waals surface area contributed by atoms with E-state index in [2.05, 4.69) is 37.9 Å². The zero-order valence-corrected chi connectivity index (χ0v) is 14.4. The van der Waals surface area contributed by atoms with Crippen LogP contribution in [-0.2, 0) is 9.47 Å². The fourth-order valence-corrected chi connectivity index (χ4v) is 2.48. The molecule has 3 nitrogen and oxygen atoms in total. The summed E-state index contributed by atoms with van der Waals surface area (Å²) in [6.45, 7) is 12.4. The fourth-order valence-electron chi connectivity index (χ4n) is 2.48. The molecule has 21 heavy (non-hydrogen) atoms. The van der Waals surface area contributed by atoms with E-state index in [1.807, 2.05) is 32.9 Å². The van der Waals surface area contributed by atoms with Crippen LogP contribution >= 0.6 is 0 Å². The Kier molecular flexibility index (Phi) is 6.90. The SMILES string of the molecule is COC(c1ccccc1C)C(OC(C)=NC(C)C)C(C)C. The second-order valence-electron chi connectivity index (χ2n) is 6.08. The van der Waals surface area contributed by atoms with Crippen LogP contribution in [0, 0.1) is 12.8 Å². The van der Waals surface area contributed by atoms with Crippen molar-refractivity contribution >= 4 is 5.90 Å². The minimum atomic E-state index is -0.0940. The lowest BCUT2D eigenvalue weighted by Crippen LogP contribution is -2.31. The molecule has 0 aliphatic carbocycles. The quantitative estimate of drug-likeness (QED) is 0.568. The fraction of sp³-hybridized carbons (Fsp3) is 0.611. The maximum absolute atomic E-state index is 6.11. The van der Waals surface area contributed by atoms with Gasteiger partial charge in [0.05, 0.1) is 0 Å². The predicted molar refractivity (Wildman–Crippen MR) is 88.9 cm³/mol. The average molecular weight is 291 g/mol. The number of nitrogens with zero attached hydrogens (tertiary/aromatic N) is 1. The molecule has 3 heteroatoms. The first-order chi connectivity index (χ1) is 9.86. The zero-order chi connectivity index (χ0) is 16.0. The molecule has 1 aromatic rings. The molecule has 0 radical (unpaired) electrons. The van der Waals surface area contributed by atoms with Gasteiger partial charge in [0.2, 0.25) is 0 Å². The van der Waals surface area contributed by atoms with Gasteiger partial charge in [-0.15, -0.1) is 0 Å². The topological polar surface area (TPSA) is 30.8 Å². The van der Waals surface area contributed by atoms with Gasteiger partial charge < -0.3 is 9.47 Å². The Labute approximate surface area is 129 Å². The van der Waals surface area contributed by atoms with E-state index in [0.29, 0.717) is 5.92 Å². The van der Waals surface area contributed by atoms with Gasteiger partial charge >= 0.3 is 0 Å². The summed E-state index contributed by atoms with van der Waals surface area (Å²) < 4.78 is 11.9. The maximum Gasteiger partial charge on any atom is 0.180 e. The number of aryl methyl sites for hydroxylation is 1. The highest BCUT2D eigenvalue weighted by molar-refractivity contribution is 5.73. The normalized spacial score (nSPS) is 15.4. The summed E-state index contributed by atoms with van der Waals surface area (Å²) in [5.74, 6) is 1.05. The molecule has 2 atom stereocenters. The van der Waals surface area contributed by atoms with Gasteiger partial charge in [-0.05, 0) is 37.8 Å². The standard InChI is InChI=1S/C18H29NO2/c1-12(2)17(21-15(6)19-13(3)4)18(20-7)16-11-9-8-10-14(16)5/h8-13,17-18H,1-7H3. The number of hydrogen-bond donors (Lipinski definition) is 0. The summed E-state index contributed by atoms with van der Waals surface area (Å²) in [5, 5.41) is 0. The predicted octanol–water partition coefficient (Wildman–Crippen LogP) is 4.55. The molecule has 1 rings (SSSR count). The number of benzene rings is 1. The van der Waals surface area contributed by atoms with E-state index >= 15 is 0 Å². The molecule has 0 aliphatic heterocycles. The molecule has 0 aromatic heterocycles. The van der Waals surface area contributed by atoms with Crippen LogP contribution in [0.1, 0.15) is 51.8 Å². The van der Waals surface area contributed by atoms with Gasteiger partial charge in [-0.3, -0.25) is 4.99 Å². The van der Waals surface area contributed by atoms with Crippen LogP contribution in [0.3, 0.4) is 0 Å². The van der Waals surface area contributed by atoms with Crippen molar-refractivity contribution in [2.75, 3.05) is 7.11 Å². The minimum Gasteiger partial charge on any atom is -0.475 e. The smallest absolute Gasteiger partial charge is 0.180 e. The number of aliphatic imine (C=N–C) groups is 1. The lowest BCUT2D eigenvalue weighted by molar-refractivity contribution is -0.0289. The van der Waals surface area contributed by atoms with Crippen LogP contribution in [0.4, 0.5) is 0 Å². The van der Waals surface area contributed by atoms with E-state index in [0.717, 1.165) is 5.90 Å². The van der Waals surface area contributed by atoms with Crippen LogP contribution in [0.15, 0.2) is 29.3 Å². The molecule has 0 fully saturated rings. The van der Waals surface area contributed by atoms with E-state index in [1.165, 1.54) is 11.1 Å². The minimum absolute atomic E-state index is 0.0569. The molecule has 1 aromatic carbocycles. The number of hydrogen-bond acceptors (Lipinski definition) is 3. The first-order valence-corrected chi connectivity index (χ1v) is 7.66. The lowest BCUT2D eigenvalue weighted by Gasteiger charge is -2.31. The first-order valence-electron chi connectivity index (χ1n) is 7.66. The third-order valence-electron chi connectivity index (χ3n) is 3.45. The molecule has 0 saturated carbocycles. The van der Waals surface area contributed by atoms with Crippen LogP contribution < -0.4 is 0 Å². The Hall–Kier alpha value is -1.35. The van der Waals surface area contributed by atoms with Gasteiger partial charge in [0.25, 0.3) is 0 Å². The molecular weight excluding hydrogens is 262 g/mol. The maximum atomic E-state index is 6.11. The molecule has 0 heterocycles. The van der Waals surface area contributed by atoms with Gasteiger partial charge in [-0.2, -0.15) is 0 Å². The largest absolute Gasteiger partial charge is 0.475 e. The molecule has 0 N–H and O–H groups in total. The van der Waals surface area contributed by atoms with E-state index < -0.39 is 0 Å². The molecular formula is C18H29NO2. The van der Waals surface area contributed by atoms with Gasteiger partial charge in [0.15, 0.2) is 5.90 Å². The van der Waals surface area contributed by atoms with Crippen molar-refractivity contribution in [3.8, 4) is 0 Å². The lowest BCUT2D eigenvalue weighted by atomic mass is 9.93. The van der Waals surface area contributed by atoms with Crippen molar-refractivity contribution in [2.45, 2.75) is 59.8 Å². The number of ether oxygens (including phenoxy) is 2. The first kappa shape index (κ1) is 17.7. The summed E-state index contributed by atoms with van der Waals surface area (Å²) in [6.07, 6.45) is -0.151. The molecule has 0 aliphatic rings. The Bertz CT molecular complexity index is 466. The van der Waals surface area contributed by atoms with Gasteiger partial charge in [0, 0.05) is 20.1 Å². The second-order valence-corrected chi connectivity index (χ2v) is 6.08. The average Bonchev–Trinajstić information content (AvgIpc) is 2.39. The van der Waals surface area contributed by atoms with Gasteiger partial charge in [-0.25, -0.2) is 0 Å². The summed E-state index contributed by atoms with van der Waals surface area (Å²) >= 11 is 0. The highest BCUT2D eigenvalue weighted by atomic mass is 16.5. The van der Waals surface area contributed by atoms with E-state index in [-0.39, 0.29) is 18.2 Å². The van der Waals surface area contributed by atoms with E-state index in [1.54, 1.807) is 7.11 Å². The molecule has 118 valence electrons. The molecule has 0 spiro atoms. The summed E-state index contributed by atoms with van der Waals surface area (Å²) in [5.41, 5.74) is 2.40. The van der Waals surface area contributed by atoms with E-state index in [9.17, 15) is 0 Å². The van der Waals surface area contributed by atoms with Crippen molar-refractivity contribution in [1.29, 1.82) is 0 Å². The summed E-state index contributed by atoms with van der Waals surface area (Å²) in [7, 11) is 1.74. The van der Waals surface area contributed by atoms with Crippen LogP contribution in [0.2, 0.25) is 0 Å². The Morgan fingerprint density at radius 2 is 1.71 bits per heavy atom. The monoisotopic (exact) mass is 291 g/mol. The van der Waals surface area contributed by atoms with Crippen molar-refractivity contribution in [2.24, 2.45) is 10.9 Å².